The average Bonchev–Trinajstić information content (AvgIpc) is 2.64. The molecule has 15 heavy (non-hydrogen) atoms. The van der Waals surface area contributed by atoms with Crippen molar-refractivity contribution in [2.75, 3.05) is 5.73 Å². The number of anilines is 1. The summed E-state index contributed by atoms with van der Waals surface area (Å²) in [4.78, 5) is 1.19. The van der Waals surface area contributed by atoms with Crippen molar-refractivity contribution in [3.8, 4) is 0 Å². The minimum Gasteiger partial charge on any atom is -0.453 e. The van der Waals surface area contributed by atoms with E-state index in [1.165, 1.54) is 4.90 Å². The van der Waals surface area contributed by atoms with E-state index >= 15 is 0 Å². The fourth-order valence-electron chi connectivity index (χ4n) is 1.15. The fraction of sp³-hybridized carbons (Fsp3) is 0.0909. The van der Waals surface area contributed by atoms with Crippen LogP contribution in [0.15, 0.2) is 50.4 Å². The normalized spacial score (nSPS) is 10.5. The van der Waals surface area contributed by atoms with Gasteiger partial charge in [-0.15, -0.1) is 11.8 Å². The molecule has 0 aliphatic rings. The fourth-order valence-corrected chi connectivity index (χ4v) is 2.28. The summed E-state index contributed by atoms with van der Waals surface area (Å²) in [7, 11) is 0. The quantitative estimate of drug-likeness (QED) is 0.686. The maximum absolute atomic E-state index is 5.60. The predicted molar refractivity (Wildman–Crippen MR) is 66.8 cm³/mol. The summed E-state index contributed by atoms with van der Waals surface area (Å²) in [6, 6.07) is 11.7. The van der Waals surface area contributed by atoms with Gasteiger partial charge in [-0.25, -0.2) is 0 Å². The second kappa shape index (κ2) is 4.77. The molecule has 1 aromatic carbocycles. The maximum Gasteiger partial charge on any atom is 0.169 e. The Hall–Kier alpha value is -0.870. The van der Waals surface area contributed by atoms with E-state index in [4.69, 9.17) is 10.2 Å². The van der Waals surface area contributed by atoms with E-state index in [0.29, 0.717) is 0 Å². The van der Waals surface area contributed by atoms with Gasteiger partial charge in [-0.2, -0.15) is 0 Å². The molecule has 0 aliphatic heterocycles. The summed E-state index contributed by atoms with van der Waals surface area (Å²) in [6.07, 6.45) is 0. The lowest BCUT2D eigenvalue weighted by Gasteiger charge is -1.99. The highest BCUT2D eigenvalue weighted by atomic mass is 79.9. The van der Waals surface area contributed by atoms with Crippen molar-refractivity contribution in [2.45, 2.75) is 10.6 Å². The van der Waals surface area contributed by atoms with Crippen molar-refractivity contribution in [1.82, 2.24) is 0 Å². The van der Waals surface area contributed by atoms with E-state index in [1.54, 1.807) is 11.8 Å². The summed E-state index contributed by atoms with van der Waals surface area (Å²) in [5.41, 5.74) is 6.40. The van der Waals surface area contributed by atoms with Crippen molar-refractivity contribution >= 4 is 33.4 Å². The molecular formula is C11H10BrNOS. The third-order valence-corrected chi connectivity index (χ3v) is 3.35. The van der Waals surface area contributed by atoms with Crippen LogP contribution in [0.25, 0.3) is 0 Å². The highest BCUT2D eigenvalue weighted by molar-refractivity contribution is 9.10. The van der Waals surface area contributed by atoms with Gasteiger partial charge in [0.2, 0.25) is 0 Å². The number of rotatable bonds is 3. The molecule has 2 rings (SSSR count). The number of benzene rings is 1. The topological polar surface area (TPSA) is 39.2 Å². The van der Waals surface area contributed by atoms with Gasteiger partial charge in [-0.3, -0.25) is 0 Å². The highest BCUT2D eigenvalue weighted by Gasteiger charge is 2.00. The molecule has 0 aliphatic carbocycles. The molecule has 0 radical (unpaired) electrons. The van der Waals surface area contributed by atoms with E-state index in [0.717, 1.165) is 21.9 Å². The molecular weight excluding hydrogens is 274 g/mol. The summed E-state index contributed by atoms with van der Waals surface area (Å²) in [6.45, 7) is 0. The number of hydrogen-bond acceptors (Lipinski definition) is 3. The molecule has 2 N–H and O–H groups in total. The first-order valence-corrected chi connectivity index (χ1v) is 6.24. The predicted octanol–water partition coefficient (Wildman–Crippen LogP) is 3.92. The Morgan fingerprint density at radius 1 is 1.13 bits per heavy atom. The molecule has 0 amide bonds. The number of hydrogen-bond donors (Lipinski definition) is 1. The average molecular weight is 284 g/mol. The van der Waals surface area contributed by atoms with Gasteiger partial charge in [0.05, 0.1) is 5.75 Å². The van der Waals surface area contributed by atoms with Crippen LogP contribution in [-0.4, -0.2) is 0 Å². The summed E-state index contributed by atoms with van der Waals surface area (Å²) >= 11 is 5.00. The van der Waals surface area contributed by atoms with Crippen molar-refractivity contribution < 1.29 is 4.42 Å². The second-order valence-corrected chi connectivity index (χ2v) is 4.89. The maximum atomic E-state index is 5.60. The van der Waals surface area contributed by atoms with Gasteiger partial charge >= 0.3 is 0 Å². The molecule has 78 valence electrons. The molecule has 1 aromatic heterocycles. The van der Waals surface area contributed by atoms with Crippen LogP contribution in [0.4, 0.5) is 5.69 Å². The van der Waals surface area contributed by atoms with E-state index in [-0.39, 0.29) is 0 Å². The molecule has 1 heterocycles. The summed E-state index contributed by atoms with van der Waals surface area (Å²) in [5, 5.41) is 0. The SMILES string of the molecule is Nc1ccc(SCc2ccc(Br)o2)cc1. The Kier molecular flexibility index (Phi) is 3.38. The van der Waals surface area contributed by atoms with Gasteiger partial charge in [0.15, 0.2) is 4.67 Å². The highest BCUT2D eigenvalue weighted by Crippen LogP contribution is 2.25. The van der Waals surface area contributed by atoms with Gasteiger partial charge in [0.1, 0.15) is 5.76 Å². The van der Waals surface area contributed by atoms with Gasteiger partial charge < -0.3 is 10.2 Å². The lowest BCUT2D eigenvalue weighted by atomic mass is 10.3. The van der Waals surface area contributed by atoms with Crippen LogP contribution in [0.1, 0.15) is 5.76 Å². The van der Waals surface area contributed by atoms with E-state index < -0.39 is 0 Å². The number of thioether (sulfide) groups is 1. The van der Waals surface area contributed by atoms with Crippen LogP contribution >= 0.6 is 27.7 Å². The van der Waals surface area contributed by atoms with Crippen LogP contribution in [0.2, 0.25) is 0 Å². The standard InChI is InChI=1S/C11H10BrNOS/c12-11-6-3-9(14-11)7-15-10-4-1-8(13)2-5-10/h1-6H,7,13H2. The summed E-state index contributed by atoms with van der Waals surface area (Å²) in [5.74, 6) is 1.79. The molecule has 0 atom stereocenters. The van der Waals surface area contributed by atoms with Crippen LogP contribution in [0.3, 0.4) is 0 Å². The van der Waals surface area contributed by atoms with Gasteiger partial charge in [-0.05, 0) is 52.3 Å². The minimum absolute atomic E-state index is 0.774. The minimum atomic E-state index is 0.774. The second-order valence-electron chi connectivity index (χ2n) is 3.06. The van der Waals surface area contributed by atoms with Crippen LogP contribution < -0.4 is 5.73 Å². The van der Waals surface area contributed by atoms with Crippen LogP contribution in [0, 0.1) is 0 Å². The van der Waals surface area contributed by atoms with E-state index in [2.05, 4.69) is 15.9 Å². The Labute approximate surface area is 101 Å². The van der Waals surface area contributed by atoms with Crippen molar-refractivity contribution in [3.05, 3.63) is 46.8 Å². The first-order chi connectivity index (χ1) is 7.24. The molecule has 0 bridgehead atoms. The van der Waals surface area contributed by atoms with Crippen molar-refractivity contribution in [3.63, 3.8) is 0 Å². The zero-order chi connectivity index (χ0) is 10.7. The molecule has 2 nitrogen and oxygen atoms in total. The lowest BCUT2D eigenvalue weighted by molar-refractivity contribution is 0.507. The number of nitrogen functional groups attached to an aromatic ring is 1. The molecule has 0 saturated carbocycles. The molecule has 2 aromatic rings. The smallest absolute Gasteiger partial charge is 0.169 e. The Morgan fingerprint density at radius 2 is 1.87 bits per heavy atom. The first kappa shape index (κ1) is 10.6. The van der Waals surface area contributed by atoms with Crippen LogP contribution in [-0.2, 0) is 5.75 Å². The Balaban J connectivity index is 1.96. The number of halogens is 1. The Morgan fingerprint density at radius 3 is 2.47 bits per heavy atom. The molecule has 0 spiro atoms. The first-order valence-electron chi connectivity index (χ1n) is 4.46. The van der Waals surface area contributed by atoms with Crippen molar-refractivity contribution in [2.24, 2.45) is 0 Å². The van der Waals surface area contributed by atoms with Crippen molar-refractivity contribution in [1.29, 1.82) is 0 Å². The Bertz CT molecular complexity index is 438. The van der Waals surface area contributed by atoms with Crippen LogP contribution in [0.5, 0.6) is 0 Å². The van der Waals surface area contributed by atoms with E-state index in [1.807, 2.05) is 36.4 Å². The monoisotopic (exact) mass is 283 g/mol. The van der Waals surface area contributed by atoms with Gasteiger partial charge in [0.25, 0.3) is 0 Å². The third-order valence-electron chi connectivity index (χ3n) is 1.89. The summed E-state index contributed by atoms with van der Waals surface area (Å²) < 4.78 is 6.17. The van der Waals surface area contributed by atoms with Gasteiger partial charge in [0, 0.05) is 10.6 Å². The lowest BCUT2D eigenvalue weighted by Crippen LogP contribution is -1.82. The zero-order valence-electron chi connectivity index (χ0n) is 7.94. The van der Waals surface area contributed by atoms with E-state index in [9.17, 15) is 0 Å². The largest absolute Gasteiger partial charge is 0.453 e. The molecule has 0 unspecified atom stereocenters. The zero-order valence-corrected chi connectivity index (χ0v) is 10.3. The number of furan rings is 1. The number of nitrogens with two attached hydrogens (primary N) is 1. The van der Waals surface area contributed by atoms with Gasteiger partial charge in [-0.1, -0.05) is 0 Å². The molecule has 0 fully saturated rings. The molecule has 0 saturated heterocycles. The molecule has 4 heteroatoms. The third kappa shape index (κ3) is 3.04.